The predicted molar refractivity (Wildman–Crippen MR) is 61.2 cm³/mol. The first kappa shape index (κ1) is 13.5. The Bertz CT molecular complexity index is 166. The number of amides is 1. The summed E-state index contributed by atoms with van der Waals surface area (Å²) in [5, 5.41) is 0. The number of hydrogen-bond acceptors (Lipinski definition) is 1. The summed E-state index contributed by atoms with van der Waals surface area (Å²) in [6.07, 6.45) is 2.05. The van der Waals surface area contributed by atoms with E-state index in [0.29, 0.717) is 11.8 Å². The lowest BCUT2D eigenvalue weighted by molar-refractivity contribution is -0.135. The van der Waals surface area contributed by atoms with Gasteiger partial charge in [-0.25, -0.2) is 0 Å². The van der Waals surface area contributed by atoms with Crippen molar-refractivity contribution in [2.45, 2.75) is 47.5 Å². The second-order valence-corrected chi connectivity index (χ2v) is 4.41. The Morgan fingerprint density at radius 3 is 2.14 bits per heavy atom. The fraction of sp³-hybridized carbons (Fsp3) is 0.917. The lowest BCUT2D eigenvalue weighted by Crippen LogP contribution is -2.36. The van der Waals surface area contributed by atoms with Gasteiger partial charge in [0.15, 0.2) is 0 Å². The van der Waals surface area contributed by atoms with E-state index in [1.54, 1.807) is 0 Å². The van der Waals surface area contributed by atoms with Crippen molar-refractivity contribution in [1.29, 1.82) is 0 Å². The van der Waals surface area contributed by atoms with Gasteiger partial charge >= 0.3 is 0 Å². The first-order valence-corrected chi connectivity index (χ1v) is 5.81. The smallest absolute Gasteiger partial charge is 0.225 e. The number of carbonyl (C=O) groups is 1. The molecule has 0 aliphatic carbocycles. The van der Waals surface area contributed by atoms with Crippen molar-refractivity contribution in [2.24, 2.45) is 11.8 Å². The Balaban J connectivity index is 4.05. The average Bonchev–Trinajstić information content (AvgIpc) is 2.16. The maximum atomic E-state index is 11.8. The van der Waals surface area contributed by atoms with Crippen LogP contribution >= 0.6 is 0 Å². The third-order valence-corrected chi connectivity index (χ3v) is 2.70. The maximum absolute atomic E-state index is 11.8. The van der Waals surface area contributed by atoms with E-state index in [2.05, 4.69) is 27.7 Å². The first-order valence-electron chi connectivity index (χ1n) is 5.81. The van der Waals surface area contributed by atoms with Gasteiger partial charge in [-0.3, -0.25) is 4.79 Å². The Kier molecular flexibility index (Phi) is 6.60. The third kappa shape index (κ3) is 4.64. The van der Waals surface area contributed by atoms with E-state index in [1.807, 2.05) is 11.8 Å². The first-order chi connectivity index (χ1) is 6.52. The van der Waals surface area contributed by atoms with Gasteiger partial charge in [0, 0.05) is 19.0 Å². The van der Waals surface area contributed by atoms with Crippen LogP contribution in [0, 0.1) is 11.8 Å². The van der Waals surface area contributed by atoms with Crippen molar-refractivity contribution in [3.05, 3.63) is 0 Å². The summed E-state index contributed by atoms with van der Waals surface area (Å²) < 4.78 is 0. The van der Waals surface area contributed by atoms with Crippen LogP contribution in [-0.2, 0) is 4.79 Å². The summed E-state index contributed by atoms with van der Waals surface area (Å²) in [7, 11) is 0. The minimum atomic E-state index is 0.183. The van der Waals surface area contributed by atoms with Crippen molar-refractivity contribution in [3.63, 3.8) is 0 Å². The Morgan fingerprint density at radius 1 is 1.21 bits per heavy atom. The molecule has 2 nitrogen and oxygen atoms in total. The summed E-state index contributed by atoms with van der Waals surface area (Å²) in [5.74, 6) is 1.17. The van der Waals surface area contributed by atoms with Gasteiger partial charge in [-0.15, -0.1) is 0 Å². The van der Waals surface area contributed by atoms with Crippen LogP contribution in [0.5, 0.6) is 0 Å². The van der Waals surface area contributed by atoms with Crippen LogP contribution in [0.4, 0.5) is 0 Å². The molecule has 0 aliphatic rings. The van der Waals surface area contributed by atoms with E-state index in [-0.39, 0.29) is 5.92 Å². The molecule has 0 bridgehead atoms. The molecule has 0 aromatic carbocycles. The minimum absolute atomic E-state index is 0.183. The summed E-state index contributed by atoms with van der Waals surface area (Å²) in [5.41, 5.74) is 0. The highest BCUT2D eigenvalue weighted by molar-refractivity contribution is 5.78. The lowest BCUT2D eigenvalue weighted by Gasteiger charge is -2.24. The molecule has 0 N–H and O–H groups in total. The van der Waals surface area contributed by atoms with E-state index in [9.17, 15) is 4.79 Å². The van der Waals surface area contributed by atoms with E-state index in [1.165, 1.54) is 0 Å². The van der Waals surface area contributed by atoms with Crippen molar-refractivity contribution in [1.82, 2.24) is 4.90 Å². The van der Waals surface area contributed by atoms with Crippen molar-refractivity contribution in [3.8, 4) is 0 Å². The van der Waals surface area contributed by atoms with Crippen LogP contribution < -0.4 is 0 Å². The largest absolute Gasteiger partial charge is 0.343 e. The normalized spacial score (nSPS) is 13.0. The second kappa shape index (κ2) is 6.86. The van der Waals surface area contributed by atoms with Crippen LogP contribution in [0.15, 0.2) is 0 Å². The van der Waals surface area contributed by atoms with Gasteiger partial charge in [0.25, 0.3) is 0 Å². The minimum Gasteiger partial charge on any atom is -0.343 e. The molecule has 0 rings (SSSR count). The molecular weight excluding hydrogens is 174 g/mol. The summed E-state index contributed by atoms with van der Waals surface area (Å²) in [6.45, 7) is 12.3. The molecule has 1 atom stereocenters. The Hall–Kier alpha value is -0.530. The van der Waals surface area contributed by atoms with Crippen molar-refractivity contribution in [2.75, 3.05) is 13.1 Å². The van der Waals surface area contributed by atoms with Crippen LogP contribution in [-0.4, -0.2) is 23.9 Å². The topological polar surface area (TPSA) is 20.3 Å². The standard InChI is InChI=1S/C12H25NO/c1-6-11(5)12(14)13(7-2)9-8-10(3)4/h10-11H,6-9H2,1-5H3. The fourth-order valence-electron chi connectivity index (χ4n) is 1.32. The summed E-state index contributed by atoms with van der Waals surface area (Å²) >= 11 is 0. The molecule has 0 saturated carbocycles. The molecule has 0 heterocycles. The Morgan fingerprint density at radius 2 is 1.79 bits per heavy atom. The molecule has 0 fully saturated rings. The fourth-order valence-corrected chi connectivity index (χ4v) is 1.32. The number of hydrogen-bond donors (Lipinski definition) is 0. The molecule has 0 spiro atoms. The zero-order valence-electron chi connectivity index (χ0n) is 10.3. The highest BCUT2D eigenvalue weighted by Gasteiger charge is 2.17. The number of carbonyl (C=O) groups excluding carboxylic acids is 1. The zero-order chi connectivity index (χ0) is 11.1. The maximum Gasteiger partial charge on any atom is 0.225 e. The summed E-state index contributed by atoms with van der Waals surface area (Å²) in [6, 6.07) is 0. The quantitative estimate of drug-likeness (QED) is 0.644. The average molecular weight is 199 g/mol. The van der Waals surface area contributed by atoms with Crippen LogP contribution in [0.2, 0.25) is 0 Å². The van der Waals surface area contributed by atoms with E-state index in [0.717, 1.165) is 25.9 Å². The Labute approximate surface area is 88.7 Å². The van der Waals surface area contributed by atoms with Gasteiger partial charge in [-0.05, 0) is 25.7 Å². The molecule has 0 saturated heterocycles. The van der Waals surface area contributed by atoms with Gasteiger partial charge in [0.1, 0.15) is 0 Å². The SMILES string of the molecule is CCC(C)C(=O)N(CC)CCC(C)C. The van der Waals surface area contributed by atoms with E-state index >= 15 is 0 Å². The number of nitrogens with zero attached hydrogens (tertiary/aromatic N) is 1. The van der Waals surface area contributed by atoms with Gasteiger partial charge in [-0.2, -0.15) is 0 Å². The molecule has 0 aliphatic heterocycles. The molecule has 0 aromatic heterocycles. The van der Waals surface area contributed by atoms with Crippen LogP contribution in [0.25, 0.3) is 0 Å². The predicted octanol–water partition coefficient (Wildman–Crippen LogP) is 2.93. The highest BCUT2D eigenvalue weighted by Crippen LogP contribution is 2.09. The molecular formula is C12H25NO. The highest BCUT2D eigenvalue weighted by atomic mass is 16.2. The monoisotopic (exact) mass is 199 g/mol. The van der Waals surface area contributed by atoms with Gasteiger partial charge in [0.2, 0.25) is 5.91 Å². The molecule has 2 heteroatoms. The van der Waals surface area contributed by atoms with E-state index < -0.39 is 0 Å². The summed E-state index contributed by atoms with van der Waals surface area (Å²) in [4.78, 5) is 13.8. The molecule has 14 heavy (non-hydrogen) atoms. The molecule has 1 unspecified atom stereocenters. The third-order valence-electron chi connectivity index (χ3n) is 2.70. The molecule has 0 radical (unpaired) electrons. The lowest BCUT2D eigenvalue weighted by atomic mass is 10.1. The van der Waals surface area contributed by atoms with Crippen LogP contribution in [0.1, 0.15) is 47.5 Å². The zero-order valence-corrected chi connectivity index (χ0v) is 10.3. The van der Waals surface area contributed by atoms with Crippen molar-refractivity contribution >= 4 is 5.91 Å². The van der Waals surface area contributed by atoms with Crippen LogP contribution in [0.3, 0.4) is 0 Å². The molecule has 0 aromatic rings. The van der Waals surface area contributed by atoms with E-state index in [4.69, 9.17) is 0 Å². The molecule has 84 valence electrons. The van der Waals surface area contributed by atoms with Gasteiger partial charge in [-0.1, -0.05) is 27.7 Å². The van der Waals surface area contributed by atoms with Gasteiger partial charge in [0.05, 0.1) is 0 Å². The second-order valence-electron chi connectivity index (χ2n) is 4.41. The van der Waals surface area contributed by atoms with Crippen molar-refractivity contribution < 1.29 is 4.79 Å². The number of rotatable bonds is 6. The van der Waals surface area contributed by atoms with Gasteiger partial charge < -0.3 is 4.90 Å². The molecule has 1 amide bonds.